The van der Waals surface area contributed by atoms with Crippen LogP contribution in [0.1, 0.15) is 5.56 Å². The first-order valence-corrected chi connectivity index (χ1v) is 4.62. The molecule has 2 nitrogen and oxygen atoms in total. The molecule has 0 aliphatic carbocycles. The van der Waals surface area contributed by atoms with Crippen molar-refractivity contribution in [1.82, 2.24) is 0 Å². The Balaban J connectivity index is 3.23. The summed E-state index contributed by atoms with van der Waals surface area (Å²) in [4.78, 5) is 11.0. The quantitative estimate of drug-likeness (QED) is 0.423. The molecule has 0 atom stereocenters. The number of rotatable bonds is 0. The van der Waals surface area contributed by atoms with Gasteiger partial charge in [-0.2, -0.15) is 17.6 Å². The van der Waals surface area contributed by atoms with Crippen molar-refractivity contribution in [1.29, 1.82) is 0 Å². The maximum atomic E-state index is 13.4. The van der Waals surface area contributed by atoms with Gasteiger partial charge in [0.25, 0.3) is 6.01 Å². The van der Waals surface area contributed by atoms with Gasteiger partial charge in [0.1, 0.15) is 10.9 Å². The third-order valence-corrected chi connectivity index (χ3v) is 2.38. The lowest BCUT2D eigenvalue weighted by molar-refractivity contribution is -0.141. The van der Waals surface area contributed by atoms with Crippen LogP contribution < -0.4 is 5.63 Å². The third kappa shape index (κ3) is 1.82. The maximum absolute atomic E-state index is 13.4. The Labute approximate surface area is 103 Å². The molecule has 0 amide bonds. The molecule has 0 aliphatic rings. The summed E-state index contributed by atoms with van der Waals surface area (Å²) >= 11 is 0. The molecule has 10 heteroatoms. The lowest BCUT2D eigenvalue weighted by Crippen LogP contribution is -2.17. The predicted molar refractivity (Wildman–Crippen MR) is 47.3 cm³/mol. The first-order valence-electron chi connectivity index (χ1n) is 4.62. The zero-order valence-electron chi connectivity index (χ0n) is 8.84. The van der Waals surface area contributed by atoms with E-state index in [9.17, 15) is 39.9 Å². The zero-order valence-corrected chi connectivity index (χ0v) is 8.84. The second-order valence-electron chi connectivity index (χ2n) is 3.54. The summed E-state index contributed by atoms with van der Waals surface area (Å²) in [5.74, 6) is -10.1. The molecular weight excluding hydrogens is 304 g/mol. The summed E-state index contributed by atoms with van der Waals surface area (Å²) < 4.78 is 107. The normalized spacial score (nSPS) is 12.2. The lowest BCUT2D eigenvalue weighted by Gasteiger charge is -2.11. The van der Waals surface area contributed by atoms with Crippen molar-refractivity contribution in [3.8, 4) is 0 Å². The summed E-state index contributed by atoms with van der Waals surface area (Å²) in [6.45, 7) is 0. The van der Waals surface area contributed by atoms with Crippen LogP contribution in [0.5, 0.6) is 0 Å². The lowest BCUT2D eigenvalue weighted by atomic mass is 10.1. The van der Waals surface area contributed by atoms with Crippen LogP contribution in [0.4, 0.5) is 35.1 Å². The smallest absolute Gasteiger partial charge is 0.394 e. The fourth-order valence-electron chi connectivity index (χ4n) is 1.59. The highest BCUT2D eigenvalue weighted by Crippen LogP contribution is 2.38. The van der Waals surface area contributed by atoms with Gasteiger partial charge in [0, 0.05) is 5.39 Å². The van der Waals surface area contributed by atoms with Gasteiger partial charge in [-0.3, -0.25) is 0 Å². The minimum absolute atomic E-state index is 1.87. The molecule has 0 spiro atoms. The Hall–Kier alpha value is -2.13. The first-order chi connectivity index (χ1) is 9.07. The second-order valence-corrected chi connectivity index (χ2v) is 3.54. The minimum Gasteiger partial charge on any atom is -0.394 e. The van der Waals surface area contributed by atoms with E-state index in [1.165, 1.54) is 0 Å². The topological polar surface area (TPSA) is 30.2 Å². The maximum Gasteiger partial charge on any atom is 0.423 e. The fourth-order valence-corrected chi connectivity index (χ4v) is 1.59. The summed E-state index contributed by atoms with van der Waals surface area (Å²) in [6, 6.07) is -2.58. The molecule has 0 saturated heterocycles. The van der Waals surface area contributed by atoms with Crippen LogP contribution in [0.2, 0.25) is 0 Å². The molecule has 0 bridgehead atoms. The summed E-state index contributed by atoms with van der Waals surface area (Å²) in [6.07, 6.45) is -5.63. The first kappa shape index (κ1) is 14.3. The Bertz CT molecular complexity index is 774. The average molecular weight is 304 g/mol. The number of alkyl halides is 3. The highest BCUT2D eigenvalue weighted by Gasteiger charge is 2.41. The Morgan fingerprint density at radius 2 is 1.20 bits per heavy atom. The molecule has 108 valence electrons. The van der Waals surface area contributed by atoms with Gasteiger partial charge in [-0.1, -0.05) is 0 Å². The van der Waals surface area contributed by atoms with Crippen LogP contribution >= 0.6 is 0 Å². The Morgan fingerprint density at radius 3 is 1.65 bits per heavy atom. The number of halogens is 8. The molecule has 2 rings (SSSR count). The van der Waals surface area contributed by atoms with Gasteiger partial charge in [0.05, 0.1) is 0 Å². The molecule has 20 heavy (non-hydrogen) atoms. The van der Waals surface area contributed by atoms with E-state index in [-0.39, 0.29) is 0 Å². The van der Waals surface area contributed by atoms with E-state index in [2.05, 4.69) is 4.42 Å². The molecule has 2 aromatic rings. The van der Waals surface area contributed by atoms with Crippen molar-refractivity contribution in [3.05, 3.63) is 45.3 Å². The third-order valence-electron chi connectivity index (χ3n) is 2.38. The van der Waals surface area contributed by atoms with E-state index in [4.69, 9.17) is 0 Å². The molecule has 0 fully saturated rings. The van der Waals surface area contributed by atoms with E-state index in [1.54, 1.807) is 0 Å². The number of hydrogen-bond acceptors (Lipinski definition) is 2. The molecule has 1 aromatic heterocycles. The van der Waals surface area contributed by atoms with Crippen molar-refractivity contribution >= 4 is 10.8 Å². The van der Waals surface area contributed by atoms with E-state index >= 15 is 0 Å². The van der Waals surface area contributed by atoms with Crippen molar-refractivity contribution in [2.45, 2.75) is 6.18 Å². The van der Waals surface area contributed by atoms with Crippen LogP contribution in [0.25, 0.3) is 10.8 Å². The number of fused-ring (bicyclic) bond motifs is 1. The van der Waals surface area contributed by atoms with Gasteiger partial charge in [-0.25, -0.2) is 22.4 Å². The summed E-state index contributed by atoms with van der Waals surface area (Å²) in [5.41, 5.74) is -4.65. The van der Waals surface area contributed by atoms with E-state index < -0.39 is 57.4 Å². The van der Waals surface area contributed by atoms with Gasteiger partial charge in [-0.15, -0.1) is 0 Å². The van der Waals surface area contributed by atoms with Crippen molar-refractivity contribution in [2.75, 3.05) is 0 Å². The van der Waals surface area contributed by atoms with Crippen LogP contribution in [0.3, 0.4) is 0 Å². The standard InChI is InChI=1S/C10F8O2/c11-4-1-2(5(12)7(14)6(4)13)9(19)20-8(15)3(1)10(16,17)18. The fraction of sp³-hybridized carbons (Fsp3) is 0.100. The van der Waals surface area contributed by atoms with Crippen LogP contribution in [-0.4, -0.2) is 0 Å². The zero-order chi connectivity index (χ0) is 15.4. The van der Waals surface area contributed by atoms with Crippen LogP contribution in [0, 0.1) is 29.3 Å². The Morgan fingerprint density at radius 1 is 0.750 bits per heavy atom. The summed E-state index contributed by atoms with van der Waals surface area (Å²) in [5, 5.41) is -3.93. The molecular formula is C10F8O2. The van der Waals surface area contributed by atoms with E-state index in [0.29, 0.717) is 0 Å². The Kier molecular flexibility index (Phi) is 2.99. The molecule has 0 N–H and O–H groups in total. The van der Waals surface area contributed by atoms with Gasteiger partial charge < -0.3 is 4.42 Å². The highest BCUT2D eigenvalue weighted by molar-refractivity contribution is 5.86. The number of benzene rings is 1. The van der Waals surface area contributed by atoms with Crippen molar-refractivity contribution < 1.29 is 39.5 Å². The largest absolute Gasteiger partial charge is 0.423 e. The van der Waals surface area contributed by atoms with Crippen LogP contribution in [0.15, 0.2) is 9.21 Å². The molecule has 0 saturated carbocycles. The monoisotopic (exact) mass is 304 g/mol. The second kappa shape index (κ2) is 4.18. The SMILES string of the molecule is O=c1oc(F)c(C(F)(F)F)c2c(F)c(F)c(F)c(F)c12. The summed E-state index contributed by atoms with van der Waals surface area (Å²) in [7, 11) is 0. The molecule has 0 aliphatic heterocycles. The minimum atomic E-state index is -5.63. The highest BCUT2D eigenvalue weighted by atomic mass is 19.4. The average Bonchev–Trinajstić information content (AvgIpc) is 2.31. The van der Waals surface area contributed by atoms with Gasteiger partial charge >= 0.3 is 11.8 Å². The van der Waals surface area contributed by atoms with Gasteiger partial charge in [-0.05, 0) is 0 Å². The van der Waals surface area contributed by atoms with E-state index in [1.807, 2.05) is 0 Å². The molecule has 0 radical (unpaired) electrons. The molecule has 1 aromatic carbocycles. The van der Waals surface area contributed by atoms with Gasteiger partial charge in [0.15, 0.2) is 23.3 Å². The van der Waals surface area contributed by atoms with Crippen molar-refractivity contribution in [2.24, 2.45) is 0 Å². The molecule has 0 unspecified atom stereocenters. The van der Waals surface area contributed by atoms with Crippen LogP contribution in [-0.2, 0) is 6.18 Å². The number of hydrogen-bond donors (Lipinski definition) is 0. The predicted octanol–water partition coefficient (Wildman–Crippen LogP) is 3.51. The van der Waals surface area contributed by atoms with E-state index in [0.717, 1.165) is 0 Å². The van der Waals surface area contributed by atoms with Gasteiger partial charge in [0.2, 0.25) is 0 Å². The van der Waals surface area contributed by atoms with Crippen molar-refractivity contribution in [3.63, 3.8) is 0 Å². The molecule has 1 heterocycles.